The number of amides is 2. The van der Waals surface area contributed by atoms with Gasteiger partial charge in [0, 0.05) is 5.56 Å². The summed E-state index contributed by atoms with van der Waals surface area (Å²) in [7, 11) is 0. The van der Waals surface area contributed by atoms with Crippen molar-refractivity contribution in [2.75, 3.05) is 18.5 Å². The largest absolute Gasteiger partial charge is 0.482 e. The first-order valence-electron chi connectivity index (χ1n) is 6.12. The van der Waals surface area contributed by atoms with Gasteiger partial charge < -0.3 is 20.5 Å². The average molecular weight is 264 g/mol. The van der Waals surface area contributed by atoms with E-state index in [2.05, 4.69) is 10.6 Å². The van der Waals surface area contributed by atoms with Gasteiger partial charge in [-0.15, -0.1) is 0 Å². The Morgan fingerprint density at radius 2 is 2.37 bits per heavy atom. The molecule has 0 fully saturated rings. The zero-order valence-electron chi connectivity index (χ0n) is 10.6. The second-order valence-electron chi connectivity index (χ2n) is 4.31. The van der Waals surface area contributed by atoms with E-state index in [1.54, 1.807) is 18.2 Å². The Morgan fingerprint density at radius 3 is 3.05 bits per heavy atom. The maximum atomic E-state index is 12.0. The summed E-state index contributed by atoms with van der Waals surface area (Å²) in [5.74, 6) is -0.00970. The van der Waals surface area contributed by atoms with E-state index in [9.17, 15) is 9.59 Å². The fraction of sp³-hybridized carbons (Fsp3) is 0.385. The molecule has 0 aliphatic carbocycles. The monoisotopic (exact) mass is 264 g/mol. The molecule has 1 aromatic rings. The van der Waals surface area contributed by atoms with Crippen LogP contribution in [0.2, 0.25) is 0 Å². The highest BCUT2D eigenvalue weighted by Gasteiger charge is 2.18. The summed E-state index contributed by atoms with van der Waals surface area (Å²) >= 11 is 0. The lowest BCUT2D eigenvalue weighted by molar-refractivity contribution is -0.118. The fourth-order valence-corrected chi connectivity index (χ4v) is 1.76. The molecule has 2 rings (SSSR count). The number of ether oxygens (including phenoxy) is 1. The summed E-state index contributed by atoms with van der Waals surface area (Å²) in [6.45, 7) is 1.73. The van der Waals surface area contributed by atoms with Crippen molar-refractivity contribution >= 4 is 17.5 Å². The van der Waals surface area contributed by atoms with Gasteiger partial charge in [-0.3, -0.25) is 9.59 Å². The third-order valence-electron chi connectivity index (χ3n) is 2.93. The lowest BCUT2D eigenvalue weighted by Gasteiger charge is -2.19. The van der Waals surface area contributed by atoms with E-state index in [0.29, 0.717) is 23.4 Å². The topological polar surface area (TPSA) is 87.7 Å². The average Bonchev–Trinajstić information content (AvgIpc) is 2.43. The van der Waals surface area contributed by atoms with Crippen molar-refractivity contribution in [3.63, 3.8) is 0 Å². The highest BCUT2D eigenvalue weighted by molar-refractivity contribution is 5.99. The molecule has 1 atom stereocenters. The summed E-state index contributed by atoms with van der Waals surface area (Å²) in [6, 6.07) is 4.55. The van der Waals surface area contributed by atoms with Gasteiger partial charge in [-0.25, -0.2) is 0 Å². The number of aliphatic hydroxyl groups is 1. The van der Waals surface area contributed by atoms with Gasteiger partial charge in [0.15, 0.2) is 6.61 Å². The van der Waals surface area contributed by atoms with Crippen molar-refractivity contribution in [3.05, 3.63) is 23.8 Å². The second-order valence-corrected chi connectivity index (χ2v) is 4.31. The van der Waals surface area contributed by atoms with Crippen LogP contribution in [0.5, 0.6) is 5.75 Å². The molecule has 0 unspecified atom stereocenters. The Morgan fingerprint density at radius 1 is 1.58 bits per heavy atom. The number of carbonyl (C=O) groups excluding carboxylic acids is 2. The molecule has 1 heterocycles. The first-order valence-corrected chi connectivity index (χ1v) is 6.12. The molecule has 0 saturated heterocycles. The number of carbonyl (C=O) groups is 2. The molecule has 0 spiro atoms. The Bertz CT molecular complexity index is 497. The predicted octanol–water partition coefficient (Wildman–Crippen LogP) is 0.518. The van der Waals surface area contributed by atoms with Gasteiger partial charge in [-0.2, -0.15) is 0 Å². The SMILES string of the molecule is CC[C@@H](CO)NC(=O)c1ccc2c(c1)OCC(=O)N2. The number of fused-ring (bicyclic) bond motifs is 1. The molecule has 0 saturated carbocycles. The molecule has 6 heteroatoms. The molecular weight excluding hydrogens is 248 g/mol. The predicted molar refractivity (Wildman–Crippen MR) is 69.2 cm³/mol. The fourth-order valence-electron chi connectivity index (χ4n) is 1.76. The van der Waals surface area contributed by atoms with E-state index in [4.69, 9.17) is 9.84 Å². The van der Waals surface area contributed by atoms with E-state index in [0.717, 1.165) is 0 Å². The maximum Gasteiger partial charge on any atom is 0.262 e. The van der Waals surface area contributed by atoms with Gasteiger partial charge in [0.2, 0.25) is 0 Å². The summed E-state index contributed by atoms with van der Waals surface area (Å²) in [4.78, 5) is 23.1. The van der Waals surface area contributed by atoms with Gasteiger partial charge in [-0.05, 0) is 24.6 Å². The van der Waals surface area contributed by atoms with Crippen molar-refractivity contribution in [2.24, 2.45) is 0 Å². The van der Waals surface area contributed by atoms with Crippen molar-refractivity contribution in [1.82, 2.24) is 5.32 Å². The number of aliphatic hydroxyl groups excluding tert-OH is 1. The van der Waals surface area contributed by atoms with Crippen molar-refractivity contribution in [2.45, 2.75) is 19.4 Å². The summed E-state index contributed by atoms with van der Waals surface area (Å²) in [5, 5.41) is 14.4. The molecule has 0 bridgehead atoms. The number of nitrogens with one attached hydrogen (secondary N) is 2. The third-order valence-corrected chi connectivity index (χ3v) is 2.93. The zero-order chi connectivity index (χ0) is 13.8. The highest BCUT2D eigenvalue weighted by atomic mass is 16.5. The maximum absolute atomic E-state index is 12.0. The van der Waals surface area contributed by atoms with Crippen molar-refractivity contribution in [1.29, 1.82) is 0 Å². The van der Waals surface area contributed by atoms with Crippen LogP contribution in [0.15, 0.2) is 18.2 Å². The van der Waals surface area contributed by atoms with Gasteiger partial charge in [-0.1, -0.05) is 6.92 Å². The quantitative estimate of drug-likeness (QED) is 0.739. The molecule has 6 nitrogen and oxygen atoms in total. The Labute approximate surface area is 110 Å². The molecule has 1 aromatic carbocycles. The molecule has 1 aliphatic rings. The Balaban J connectivity index is 2.13. The second kappa shape index (κ2) is 5.71. The molecule has 19 heavy (non-hydrogen) atoms. The van der Waals surface area contributed by atoms with Crippen LogP contribution in [0, 0.1) is 0 Å². The Kier molecular flexibility index (Phi) is 4.01. The van der Waals surface area contributed by atoms with E-state index in [1.165, 1.54) is 0 Å². The minimum absolute atomic E-state index is 0.0493. The summed E-state index contributed by atoms with van der Waals surface area (Å²) < 4.78 is 5.24. The van der Waals surface area contributed by atoms with Crippen LogP contribution in [-0.2, 0) is 4.79 Å². The van der Waals surface area contributed by atoms with Gasteiger partial charge in [0.1, 0.15) is 5.75 Å². The number of benzene rings is 1. The van der Waals surface area contributed by atoms with Crippen molar-refractivity contribution < 1.29 is 19.4 Å². The molecule has 102 valence electrons. The lowest BCUT2D eigenvalue weighted by Crippen LogP contribution is -2.37. The van der Waals surface area contributed by atoms with Crippen LogP contribution in [0.1, 0.15) is 23.7 Å². The normalized spacial score (nSPS) is 14.9. The van der Waals surface area contributed by atoms with Crippen LogP contribution in [0.25, 0.3) is 0 Å². The summed E-state index contributed by atoms with van der Waals surface area (Å²) in [6.07, 6.45) is 0.653. The summed E-state index contributed by atoms with van der Waals surface area (Å²) in [5.41, 5.74) is 0.990. The van der Waals surface area contributed by atoms with E-state index in [-0.39, 0.29) is 31.1 Å². The lowest BCUT2D eigenvalue weighted by atomic mass is 10.1. The molecule has 0 aromatic heterocycles. The van der Waals surface area contributed by atoms with Crippen LogP contribution in [0.4, 0.5) is 5.69 Å². The molecule has 1 aliphatic heterocycles. The Hall–Kier alpha value is -2.08. The molecule has 0 radical (unpaired) electrons. The van der Waals surface area contributed by atoms with Crippen LogP contribution < -0.4 is 15.4 Å². The van der Waals surface area contributed by atoms with Crippen LogP contribution >= 0.6 is 0 Å². The zero-order valence-corrected chi connectivity index (χ0v) is 10.6. The molecule has 2 amide bonds. The van der Waals surface area contributed by atoms with Crippen molar-refractivity contribution in [3.8, 4) is 5.75 Å². The van der Waals surface area contributed by atoms with E-state index >= 15 is 0 Å². The minimum atomic E-state index is -0.274. The minimum Gasteiger partial charge on any atom is -0.482 e. The third kappa shape index (κ3) is 3.03. The smallest absolute Gasteiger partial charge is 0.262 e. The molecule has 3 N–H and O–H groups in total. The van der Waals surface area contributed by atoms with E-state index < -0.39 is 0 Å². The van der Waals surface area contributed by atoms with Gasteiger partial charge in [0.25, 0.3) is 11.8 Å². The van der Waals surface area contributed by atoms with Gasteiger partial charge in [0.05, 0.1) is 18.3 Å². The number of hydrogen-bond acceptors (Lipinski definition) is 4. The highest BCUT2D eigenvalue weighted by Crippen LogP contribution is 2.28. The first kappa shape index (κ1) is 13.4. The molecular formula is C13H16N2O4. The number of rotatable bonds is 4. The van der Waals surface area contributed by atoms with Crippen LogP contribution in [-0.4, -0.2) is 36.2 Å². The first-order chi connectivity index (χ1) is 9.13. The number of anilines is 1. The van der Waals surface area contributed by atoms with Crippen LogP contribution in [0.3, 0.4) is 0 Å². The standard InChI is InChI=1S/C13H16N2O4/c1-2-9(6-16)14-13(18)8-3-4-10-11(5-8)19-7-12(17)15-10/h3-5,9,16H,2,6-7H2,1H3,(H,14,18)(H,15,17)/t9-/m0/s1. The van der Waals surface area contributed by atoms with E-state index in [1.807, 2.05) is 6.92 Å². The number of hydrogen-bond donors (Lipinski definition) is 3. The van der Waals surface area contributed by atoms with Gasteiger partial charge >= 0.3 is 0 Å².